The topological polar surface area (TPSA) is 63.1 Å². The molecule has 1 N–H and O–H groups in total. The van der Waals surface area contributed by atoms with Crippen LogP contribution >= 0.6 is 0 Å². The molecule has 6 nitrogen and oxygen atoms in total. The van der Waals surface area contributed by atoms with Crippen molar-refractivity contribution in [3.8, 4) is 0 Å². The summed E-state index contributed by atoms with van der Waals surface area (Å²) in [5, 5.41) is 11.1. The van der Waals surface area contributed by atoms with E-state index in [2.05, 4.69) is 15.6 Å². The van der Waals surface area contributed by atoms with Crippen molar-refractivity contribution in [2.24, 2.45) is 7.05 Å². The molecule has 0 radical (unpaired) electrons. The third-order valence-electron chi connectivity index (χ3n) is 3.79. The van der Waals surface area contributed by atoms with Gasteiger partial charge in [-0.3, -0.25) is 4.79 Å². The highest BCUT2D eigenvalue weighted by Crippen LogP contribution is 2.17. The second-order valence-corrected chi connectivity index (χ2v) is 5.34. The van der Waals surface area contributed by atoms with E-state index in [4.69, 9.17) is 0 Å². The lowest BCUT2D eigenvalue weighted by atomic mass is 10.0. The van der Waals surface area contributed by atoms with Gasteiger partial charge < -0.3 is 10.2 Å². The fraction of sp³-hybridized carbons (Fsp3) is 0.400. The first-order chi connectivity index (χ1) is 10.2. The average Bonchev–Trinajstić information content (AvgIpc) is 2.94. The molecule has 21 heavy (non-hydrogen) atoms. The summed E-state index contributed by atoms with van der Waals surface area (Å²) in [4.78, 5) is 14.4. The van der Waals surface area contributed by atoms with Crippen LogP contribution in [0, 0.1) is 0 Å². The van der Waals surface area contributed by atoms with Crippen molar-refractivity contribution in [3.63, 3.8) is 0 Å². The van der Waals surface area contributed by atoms with Crippen molar-refractivity contribution in [2.45, 2.75) is 18.9 Å². The van der Waals surface area contributed by atoms with Crippen LogP contribution in [0.4, 0.5) is 5.69 Å². The number of hydrogen-bond acceptors (Lipinski definition) is 4. The second-order valence-electron chi connectivity index (χ2n) is 5.34. The van der Waals surface area contributed by atoms with Crippen LogP contribution in [0.25, 0.3) is 0 Å². The van der Waals surface area contributed by atoms with Gasteiger partial charge in [-0.15, -0.1) is 5.10 Å². The Kier molecular flexibility index (Phi) is 3.85. The summed E-state index contributed by atoms with van der Waals surface area (Å²) in [6, 6.07) is 10.4. The van der Waals surface area contributed by atoms with E-state index in [0.717, 1.165) is 25.1 Å². The molecular weight excluding hydrogens is 266 g/mol. The summed E-state index contributed by atoms with van der Waals surface area (Å²) < 4.78 is 1.52. The first kappa shape index (κ1) is 13.6. The lowest BCUT2D eigenvalue weighted by Crippen LogP contribution is -2.45. The Balaban J connectivity index is 1.66. The van der Waals surface area contributed by atoms with Crippen molar-refractivity contribution in [1.82, 2.24) is 19.9 Å². The van der Waals surface area contributed by atoms with Gasteiger partial charge in [-0.05, 0) is 25.0 Å². The zero-order valence-electron chi connectivity index (χ0n) is 12.1. The van der Waals surface area contributed by atoms with Crippen LogP contribution < -0.4 is 5.32 Å². The molecule has 2 heterocycles. The standard InChI is InChI=1S/C15H19N5O/c1-19-14(10-16-18-19)15(21)20-9-5-8-13(11-20)17-12-6-3-2-4-7-12/h2-4,6-7,10,13,17H,5,8-9,11H2,1H3/t13-/m0/s1. The van der Waals surface area contributed by atoms with Crippen molar-refractivity contribution in [3.05, 3.63) is 42.2 Å². The van der Waals surface area contributed by atoms with Gasteiger partial charge in [0.25, 0.3) is 5.91 Å². The Morgan fingerprint density at radius 3 is 2.86 bits per heavy atom. The fourth-order valence-corrected chi connectivity index (χ4v) is 2.69. The lowest BCUT2D eigenvalue weighted by Gasteiger charge is -2.33. The van der Waals surface area contributed by atoms with E-state index in [-0.39, 0.29) is 11.9 Å². The molecule has 1 fully saturated rings. The minimum atomic E-state index is 0.00191. The summed E-state index contributed by atoms with van der Waals surface area (Å²) >= 11 is 0. The number of nitrogens with zero attached hydrogens (tertiary/aromatic N) is 4. The number of carbonyl (C=O) groups excluding carboxylic acids is 1. The highest BCUT2D eigenvalue weighted by molar-refractivity contribution is 5.92. The molecule has 0 spiro atoms. The van der Waals surface area contributed by atoms with E-state index in [1.54, 1.807) is 7.05 Å². The number of para-hydroxylation sites is 1. The third-order valence-corrected chi connectivity index (χ3v) is 3.79. The minimum absolute atomic E-state index is 0.00191. The SMILES string of the molecule is Cn1nncc1C(=O)N1CCC[C@H](Nc2ccccc2)C1. The number of rotatable bonds is 3. The van der Waals surface area contributed by atoms with Gasteiger partial charge in [0.2, 0.25) is 0 Å². The van der Waals surface area contributed by atoms with E-state index in [1.807, 2.05) is 35.2 Å². The maximum absolute atomic E-state index is 12.5. The summed E-state index contributed by atoms with van der Waals surface area (Å²) in [6.07, 6.45) is 3.60. The van der Waals surface area contributed by atoms with Gasteiger partial charge >= 0.3 is 0 Å². The van der Waals surface area contributed by atoms with Crippen LogP contribution in [0.2, 0.25) is 0 Å². The quantitative estimate of drug-likeness (QED) is 0.929. The van der Waals surface area contributed by atoms with E-state index < -0.39 is 0 Å². The first-order valence-electron chi connectivity index (χ1n) is 7.19. The molecule has 0 aliphatic carbocycles. The summed E-state index contributed by atoms with van der Waals surface area (Å²) in [5.74, 6) is 0.00191. The van der Waals surface area contributed by atoms with Crippen LogP contribution in [-0.2, 0) is 7.05 Å². The first-order valence-corrected chi connectivity index (χ1v) is 7.19. The van der Waals surface area contributed by atoms with Gasteiger partial charge in [0, 0.05) is 31.9 Å². The molecule has 1 aromatic heterocycles. The average molecular weight is 285 g/mol. The number of hydrogen-bond donors (Lipinski definition) is 1. The molecule has 0 saturated carbocycles. The molecule has 0 bridgehead atoms. The van der Waals surface area contributed by atoms with Crippen LogP contribution in [0.1, 0.15) is 23.3 Å². The van der Waals surface area contributed by atoms with E-state index >= 15 is 0 Å². The Morgan fingerprint density at radius 2 is 2.14 bits per heavy atom. The van der Waals surface area contributed by atoms with Gasteiger partial charge in [0.15, 0.2) is 0 Å². The Hall–Kier alpha value is -2.37. The van der Waals surface area contributed by atoms with E-state index in [9.17, 15) is 4.79 Å². The highest BCUT2D eigenvalue weighted by atomic mass is 16.2. The normalized spacial score (nSPS) is 18.5. The Bertz CT molecular complexity index is 610. The molecule has 1 atom stereocenters. The Labute approximate surface area is 123 Å². The van der Waals surface area contributed by atoms with Gasteiger partial charge in [-0.2, -0.15) is 0 Å². The number of aryl methyl sites for hydroxylation is 1. The largest absolute Gasteiger partial charge is 0.381 e. The van der Waals surface area contributed by atoms with Crippen molar-refractivity contribution >= 4 is 11.6 Å². The molecule has 1 aromatic carbocycles. The molecular formula is C15H19N5O. The third kappa shape index (κ3) is 3.04. The number of anilines is 1. The maximum atomic E-state index is 12.5. The van der Waals surface area contributed by atoms with Crippen LogP contribution in [0.5, 0.6) is 0 Å². The number of likely N-dealkylation sites (tertiary alicyclic amines) is 1. The smallest absolute Gasteiger partial charge is 0.273 e. The molecule has 3 rings (SSSR count). The van der Waals surface area contributed by atoms with Crippen LogP contribution in [-0.4, -0.2) is 44.9 Å². The van der Waals surface area contributed by atoms with Crippen molar-refractivity contribution in [1.29, 1.82) is 0 Å². The van der Waals surface area contributed by atoms with Crippen molar-refractivity contribution in [2.75, 3.05) is 18.4 Å². The highest BCUT2D eigenvalue weighted by Gasteiger charge is 2.26. The lowest BCUT2D eigenvalue weighted by molar-refractivity contribution is 0.0703. The molecule has 1 aliphatic rings. The zero-order chi connectivity index (χ0) is 14.7. The molecule has 6 heteroatoms. The van der Waals surface area contributed by atoms with Crippen LogP contribution in [0.15, 0.2) is 36.5 Å². The number of amides is 1. The molecule has 1 saturated heterocycles. The second kappa shape index (κ2) is 5.95. The molecule has 2 aromatic rings. The molecule has 1 amide bonds. The van der Waals surface area contributed by atoms with Gasteiger partial charge in [0.1, 0.15) is 5.69 Å². The summed E-state index contributed by atoms with van der Waals surface area (Å²) in [6.45, 7) is 1.50. The van der Waals surface area contributed by atoms with Crippen molar-refractivity contribution < 1.29 is 4.79 Å². The molecule has 1 aliphatic heterocycles. The summed E-state index contributed by atoms with van der Waals surface area (Å²) in [7, 11) is 1.74. The van der Waals surface area contributed by atoms with Gasteiger partial charge in [-0.1, -0.05) is 23.4 Å². The minimum Gasteiger partial charge on any atom is -0.381 e. The molecule has 110 valence electrons. The number of piperidine rings is 1. The fourth-order valence-electron chi connectivity index (χ4n) is 2.69. The van der Waals surface area contributed by atoms with E-state index in [1.165, 1.54) is 10.9 Å². The Morgan fingerprint density at radius 1 is 1.33 bits per heavy atom. The summed E-state index contributed by atoms with van der Waals surface area (Å²) in [5.41, 5.74) is 1.63. The van der Waals surface area contributed by atoms with Crippen LogP contribution in [0.3, 0.4) is 0 Å². The zero-order valence-corrected chi connectivity index (χ0v) is 12.1. The van der Waals surface area contributed by atoms with Gasteiger partial charge in [0.05, 0.1) is 6.20 Å². The monoisotopic (exact) mass is 285 g/mol. The predicted octanol–water partition coefficient (Wildman–Crippen LogP) is 1.53. The van der Waals surface area contributed by atoms with E-state index in [0.29, 0.717) is 12.2 Å². The predicted molar refractivity (Wildman–Crippen MR) is 80.0 cm³/mol. The maximum Gasteiger partial charge on any atom is 0.273 e. The number of nitrogens with one attached hydrogen (secondary N) is 1. The number of carbonyl (C=O) groups is 1. The number of aromatic nitrogens is 3. The number of benzene rings is 1. The van der Waals surface area contributed by atoms with Gasteiger partial charge in [-0.25, -0.2) is 4.68 Å². The molecule has 0 unspecified atom stereocenters.